The molecule has 4 saturated carbocycles. The third-order valence-corrected chi connectivity index (χ3v) is 14.7. The van der Waals surface area contributed by atoms with Gasteiger partial charge in [-0.1, -0.05) is 73.8 Å². The Bertz CT molecular complexity index is 1380. The van der Waals surface area contributed by atoms with Gasteiger partial charge < -0.3 is 10.4 Å². The summed E-state index contributed by atoms with van der Waals surface area (Å²) < 4.78 is 0. The van der Waals surface area contributed by atoms with Crippen LogP contribution in [0.3, 0.4) is 0 Å². The Balaban J connectivity index is 1.43. The van der Waals surface area contributed by atoms with Crippen LogP contribution < -0.4 is 5.32 Å². The molecule has 6 aliphatic carbocycles. The molecule has 234 valence electrons. The maximum atomic E-state index is 14.7. The zero-order valence-corrected chi connectivity index (χ0v) is 27.5. The SMILES string of the molecule is CC1(C)C(=O)C(C#N)=C[C@]2(C)C3=CC(=O)[C@]4(O)C5C[C@@](C)(C(=O)NC6CCCCC6)CC[C@]5(C)CC[C@@]4(C)[C@]3(C)CC[C@@H]12. The lowest BCUT2D eigenvalue weighted by molar-refractivity contribution is -0.242. The molecule has 0 spiro atoms. The Hall–Kier alpha value is -2.26. The van der Waals surface area contributed by atoms with Gasteiger partial charge in [0.2, 0.25) is 5.91 Å². The predicted molar refractivity (Wildman–Crippen MR) is 165 cm³/mol. The molecule has 1 amide bonds. The molecule has 6 nitrogen and oxygen atoms in total. The molecule has 8 atom stereocenters. The predicted octanol–water partition coefficient (Wildman–Crippen LogP) is 6.77. The van der Waals surface area contributed by atoms with Crippen molar-refractivity contribution in [3.8, 4) is 6.07 Å². The molecule has 0 heterocycles. The molecule has 43 heavy (non-hydrogen) atoms. The van der Waals surface area contributed by atoms with Gasteiger partial charge in [0.15, 0.2) is 11.6 Å². The van der Waals surface area contributed by atoms with Crippen LogP contribution >= 0.6 is 0 Å². The summed E-state index contributed by atoms with van der Waals surface area (Å²) in [5, 5.41) is 26.4. The summed E-state index contributed by atoms with van der Waals surface area (Å²) in [5.41, 5.74) is -3.94. The Labute approximate surface area is 258 Å². The third-order valence-electron chi connectivity index (χ3n) is 14.7. The number of hydrogen-bond donors (Lipinski definition) is 2. The lowest BCUT2D eigenvalue weighted by atomic mass is 9.33. The summed E-state index contributed by atoms with van der Waals surface area (Å²) in [6.07, 6.45) is 14.4. The van der Waals surface area contributed by atoms with Crippen LogP contribution in [0.2, 0.25) is 0 Å². The summed E-state index contributed by atoms with van der Waals surface area (Å²) in [4.78, 5) is 41.8. The number of carbonyl (C=O) groups excluding carboxylic acids is 3. The van der Waals surface area contributed by atoms with E-state index in [1.54, 1.807) is 6.08 Å². The van der Waals surface area contributed by atoms with Gasteiger partial charge in [0.05, 0.1) is 5.57 Å². The van der Waals surface area contributed by atoms with E-state index in [0.717, 1.165) is 69.8 Å². The van der Waals surface area contributed by atoms with Gasteiger partial charge in [0.1, 0.15) is 11.7 Å². The molecule has 1 unspecified atom stereocenters. The first-order valence-corrected chi connectivity index (χ1v) is 16.9. The monoisotopic (exact) mass is 588 g/mol. The van der Waals surface area contributed by atoms with Crippen molar-refractivity contribution < 1.29 is 19.5 Å². The molecular formula is C37H52N2O4. The first kappa shape index (κ1) is 30.8. The van der Waals surface area contributed by atoms with Crippen molar-refractivity contribution in [3.63, 3.8) is 0 Å². The number of amides is 1. The van der Waals surface area contributed by atoms with Crippen LogP contribution in [-0.4, -0.2) is 34.2 Å². The van der Waals surface area contributed by atoms with Crippen molar-refractivity contribution >= 4 is 17.5 Å². The standard InChI is InChI=1S/C37H52N2O4/c1-31(2)25-13-14-35(6)26(34(25,5)20-23(22-38)29(31)41)19-28(40)37(43)27-21-33(4,30(42)39-24-11-9-8-10-12-24)16-15-32(27,3)17-18-36(35,37)7/h19-20,24-25,27,43H,8-18,21H2,1-7H3,(H,39,42)/t25-,27?,32+,33-,34-,35+,36-,37+/m0/s1. The summed E-state index contributed by atoms with van der Waals surface area (Å²) in [6.45, 7) is 14.6. The molecule has 4 fully saturated rings. The summed E-state index contributed by atoms with van der Waals surface area (Å²) >= 11 is 0. The fraction of sp³-hybridized carbons (Fsp3) is 0.784. The zero-order chi connectivity index (χ0) is 31.4. The molecule has 0 saturated heterocycles. The molecule has 2 N–H and O–H groups in total. The number of fused-ring (bicyclic) bond motifs is 7. The fourth-order valence-electron chi connectivity index (χ4n) is 11.6. The highest BCUT2D eigenvalue weighted by molar-refractivity contribution is 6.05. The summed E-state index contributed by atoms with van der Waals surface area (Å²) in [7, 11) is 0. The van der Waals surface area contributed by atoms with E-state index < -0.39 is 32.7 Å². The lowest BCUT2D eigenvalue weighted by Gasteiger charge is -2.71. The molecular weight excluding hydrogens is 536 g/mol. The quantitative estimate of drug-likeness (QED) is 0.370. The van der Waals surface area contributed by atoms with Gasteiger partial charge in [-0.15, -0.1) is 0 Å². The first-order valence-electron chi connectivity index (χ1n) is 16.9. The fourth-order valence-corrected chi connectivity index (χ4v) is 11.6. The highest BCUT2D eigenvalue weighted by Gasteiger charge is 2.75. The lowest BCUT2D eigenvalue weighted by Crippen LogP contribution is -2.74. The van der Waals surface area contributed by atoms with Gasteiger partial charge in [0.25, 0.3) is 0 Å². The number of ketones is 2. The second-order valence-electron chi connectivity index (χ2n) is 17.2. The van der Waals surface area contributed by atoms with Crippen LogP contribution in [0.5, 0.6) is 0 Å². The van der Waals surface area contributed by atoms with E-state index in [1.807, 2.05) is 19.9 Å². The number of carbonyl (C=O) groups is 3. The van der Waals surface area contributed by atoms with Crippen LogP contribution in [0.15, 0.2) is 23.3 Å². The topological polar surface area (TPSA) is 107 Å². The number of Topliss-reactive ketones (excluding diaryl/α,β-unsaturated/α-hetero) is 1. The largest absolute Gasteiger partial charge is 0.381 e. The van der Waals surface area contributed by atoms with Crippen molar-refractivity contribution in [2.24, 2.45) is 44.3 Å². The smallest absolute Gasteiger partial charge is 0.226 e. The molecule has 6 aliphatic rings. The molecule has 0 bridgehead atoms. The maximum Gasteiger partial charge on any atom is 0.226 e. The van der Waals surface area contributed by atoms with E-state index in [2.05, 4.69) is 46.0 Å². The molecule has 6 heteroatoms. The molecule has 6 rings (SSSR count). The number of allylic oxidation sites excluding steroid dienone is 3. The minimum Gasteiger partial charge on any atom is -0.381 e. The molecule has 0 radical (unpaired) electrons. The maximum absolute atomic E-state index is 14.7. The van der Waals surface area contributed by atoms with Gasteiger partial charge in [-0.25, -0.2) is 0 Å². The number of aliphatic hydroxyl groups is 1. The average Bonchev–Trinajstić information content (AvgIpc) is 2.96. The van der Waals surface area contributed by atoms with Crippen LogP contribution in [0.4, 0.5) is 0 Å². The van der Waals surface area contributed by atoms with E-state index in [4.69, 9.17) is 0 Å². The molecule has 0 aromatic heterocycles. The highest BCUT2D eigenvalue weighted by atomic mass is 16.3. The third kappa shape index (κ3) is 3.82. The van der Waals surface area contributed by atoms with E-state index in [0.29, 0.717) is 6.42 Å². The minimum absolute atomic E-state index is 0.0400. The Kier molecular flexibility index (Phi) is 6.71. The molecule has 0 aromatic carbocycles. The van der Waals surface area contributed by atoms with Crippen LogP contribution in [0, 0.1) is 55.7 Å². The van der Waals surface area contributed by atoms with Crippen LogP contribution in [-0.2, 0) is 14.4 Å². The number of nitriles is 1. The Morgan fingerprint density at radius 2 is 1.56 bits per heavy atom. The first-order chi connectivity index (χ1) is 19.9. The van der Waals surface area contributed by atoms with E-state index in [9.17, 15) is 24.8 Å². The van der Waals surface area contributed by atoms with Crippen molar-refractivity contribution in [2.75, 3.05) is 0 Å². The Morgan fingerprint density at radius 3 is 2.21 bits per heavy atom. The minimum atomic E-state index is -1.60. The van der Waals surface area contributed by atoms with Crippen molar-refractivity contribution in [1.29, 1.82) is 5.26 Å². The number of nitrogens with one attached hydrogen (secondary N) is 1. The summed E-state index contributed by atoms with van der Waals surface area (Å²) in [6, 6.07) is 2.39. The van der Waals surface area contributed by atoms with Crippen LogP contribution in [0.25, 0.3) is 0 Å². The number of hydrogen-bond acceptors (Lipinski definition) is 5. The highest BCUT2D eigenvalue weighted by Crippen LogP contribution is 2.75. The second-order valence-corrected chi connectivity index (χ2v) is 17.2. The molecule has 0 aromatic rings. The Morgan fingerprint density at radius 1 is 0.907 bits per heavy atom. The van der Waals surface area contributed by atoms with E-state index >= 15 is 0 Å². The van der Waals surface area contributed by atoms with Gasteiger partial charge in [-0.05, 0) is 86.2 Å². The molecule has 0 aliphatic heterocycles. The average molecular weight is 589 g/mol. The van der Waals surface area contributed by atoms with Gasteiger partial charge in [0, 0.05) is 33.6 Å². The second kappa shape index (κ2) is 9.38. The number of rotatable bonds is 2. The van der Waals surface area contributed by atoms with Gasteiger partial charge in [-0.2, -0.15) is 5.26 Å². The summed E-state index contributed by atoms with van der Waals surface area (Å²) in [5.74, 6) is -0.662. The van der Waals surface area contributed by atoms with Crippen LogP contribution in [0.1, 0.15) is 126 Å². The van der Waals surface area contributed by atoms with Gasteiger partial charge >= 0.3 is 0 Å². The van der Waals surface area contributed by atoms with E-state index in [1.165, 1.54) is 6.42 Å². The number of nitrogens with zero attached hydrogens (tertiary/aromatic N) is 1. The normalized spacial score (nSPS) is 47.5. The van der Waals surface area contributed by atoms with Gasteiger partial charge in [-0.3, -0.25) is 14.4 Å². The van der Waals surface area contributed by atoms with Crippen molar-refractivity contribution in [3.05, 3.63) is 23.3 Å². The van der Waals surface area contributed by atoms with Crippen molar-refractivity contribution in [1.82, 2.24) is 5.32 Å². The zero-order valence-electron chi connectivity index (χ0n) is 27.5. The van der Waals surface area contributed by atoms with E-state index in [-0.39, 0.29) is 46.3 Å². The van der Waals surface area contributed by atoms with Crippen molar-refractivity contribution in [2.45, 2.75) is 137 Å².